The van der Waals surface area contributed by atoms with Gasteiger partial charge in [0, 0.05) is 0 Å². The first-order chi connectivity index (χ1) is 9.04. The first-order valence-corrected chi connectivity index (χ1v) is 6.19. The summed E-state index contributed by atoms with van der Waals surface area (Å²) in [5.41, 5.74) is 6.57. The van der Waals surface area contributed by atoms with E-state index in [2.05, 4.69) is 10.6 Å². The lowest BCUT2D eigenvalue weighted by Crippen LogP contribution is -2.43. The molecule has 0 fully saturated rings. The minimum atomic E-state index is -1.04. The average molecular weight is 265 g/mol. The van der Waals surface area contributed by atoms with Gasteiger partial charge in [-0.3, -0.25) is 0 Å². The van der Waals surface area contributed by atoms with Gasteiger partial charge in [-0.2, -0.15) is 0 Å². The molecular weight excluding hydrogens is 246 g/mol. The summed E-state index contributed by atoms with van der Waals surface area (Å²) < 4.78 is 0. The number of rotatable bonds is 6. The highest BCUT2D eigenvalue weighted by Gasteiger charge is 2.19. The fourth-order valence-corrected chi connectivity index (χ4v) is 1.59. The summed E-state index contributed by atoms with van der Waals surface area (Å²) in [4.78, 5) is 22.7. The summed E-state index contributed by atoms with van der Waals surface area (Å²) in [5.74, 6) is -1.04. The van der Waals surface area contributed by atoms with Crippen molar-refractivity contribution in [3.63, 3.8) is 0 Å². The fourth-order valence-electron chi connectivity index (χ4n) is 1.59. The molecule has 6 nitrogen and oxygen atoms in total. The number of amides is 2. The molecule has 0 saturated heterocycles. The third-order valence-corrected chi connectivity index (χ3v) is 2.66. The number of hydrogen-bond donors (Lipinski definition) is 4. The molecule has 0 heterocycles. The average Bonchev–Trinajstić information content (AvgIpc) is 2.37. The first-order valence-electron chi connectivity index (χ1n) is 6.19. The maximum Gasteiger partial charge on any atom is 0.326 e. The summed E-state index contributed by atoms with van der Waals surface area (Å²) >= 11 is 0. The molecule has 0 aromatic heterocycles. The highest BCUT2D eigenvalue weighted by atomic mass is 16.4. The highest BCUT2D eigenvalue weighted by Crippen LogP contribution is 2.16. The van der Waals surface area contributed by atoms with Crippen LogP contribution in [-0.2, 0) is 4.79 Å². The Morgan fingerprint density at radius 2 is 2.05 bits per heavy atom. The molecule has 0 aliphatic heterocycles. The molecule has 5 N–H and O–H groups in total. The van der Waals surface area contributed by atoms with Crippen molar-refractivity contribution >= 4 is 23.4 Å². The third kappa shape index (κ3) is 4.87. The van der Waals surface area contributed by atoms with Crippen LogP contribution in [0.25, 0.3) is 0 Å². The van der Waals surface area contributed by atoms with E-state index in [1.165, 1.54) is 0 Å². The molecule has 2 amide bonds. The van der Waals surface area contributed by atoms with Crippen LogP contribution in [0.3, 0.4) is 0 Å². The van der Waals surface area contributed by atoms with Crippen molar-refractivity contribution in [2.45, 2.75) is 32.2 Å². The largest absolute Gasteiger partial charge is 0.480 e. The van der Waals surface area contributed by atoms with Gasteiger partial charge < -0.3 is 21.5 Å². The van der Waals surface area contributed by atoms with E-state index in [1.807, 2.05) is 6.92 Å². The van der Waals surface area contributed by atoms with Crippen LogP contribution < -0.4 is 16.4 Å². The monoisotopic (exact) mass is 265 g/mol. The first kappa shape index (κ1) is 14.8. The van der Waals surface area contributed by atoms with Crippen molar-refractivity contribution in [3.8, 4) is 0 Å². The molecule has 1 aromatic carbocycles. The number of hydrogen-bond acceptors (Lipinski definition) is 3. The second-order valence-corrected chi connectivity index (χ2v) is 4.22. The number of carboxylic acid groups (broad SMARTS) is 1. The molecular formula is C13H19N3O3. The van der Waals surface area contributed by atoms with Gasteiger partial charge in [-0.05, 0) is 18.6 Å². The lowest BCUT2D eigenvalue weighted by Gasteiger charge is -2.15. The maximum absolute atomic E-state index is 11.7. The van der Waals surface area contributed by atoms with Gasteiger partial charge >= 0.3 is 12.0 Å². The topological polar surface area (TPSA) is 104 Å². The number of nitrogens with two attached hydrogens (primary N) is 1. The Morgan fingerprint density at radius 1 is 1.37 bits per heavy atom. The molecule has 0 spiro atoms. The van der Waals surface area contributed by atoms with Gasteiger partial charge in [-0.15, -0.1) is 0 Å². The van der Waals surface area contributed by atoms with Crippen molar-refractivity contribution in [1.82, 2.24) is 5.32 Å². The molecule has 0 aliphatic carbocycles. The number of benzene rings is 1. The molecule has 19 heavy (non-hydrogen) atoms. The number of carboxylic acids is 1. The standard InChI is InChI=1S/C13H19N3O3/c1-2-3-7-11(12(17)18)16-13(19)15-10-8-5-4-6-9(10)14/h4-6,8,11H,2-3,7,14H2,1H3,(H,17,18)(H2,15,16,19)/t11-/m0/s1. The quantitative estimate of drug-likeness (QED) is 0.591. The van der Waals surface area contributed by atoms with Crippen LogP contribution in [0.4, 0.5) is 16.2 Å². The smallest absolute Gasteiger partial charge is 0.326 e. The van der Waals surface area contributed by atoms with Gasteiger partial charge in [0.1, 0.15) is 6.04 Å². The highest BCUT2D eigenvalue weighted by molar-refractivity contribution is 5.94. The molecule has 6 heteroatoms. The maximum atomic E-state index is 11.7. The summed E-state index contributed by atoms with van der Waals surface area (Å²) in [6.07, 6.45) is 2.02. The summed E-state index contributed by atoms with van der Waals surface area (Å²) in [7, 11) is 0. The lowest BCUT2D eigenvalue weighted by molar-refractivity contribution is -0.139. The predicted octanol–water partition coefficient (Wildman–Crippen LogP) is 2.03. The van der Waals surface area contributed by atoms with Gasteiger partial charge in [0.25, 0.3) is 0 Å². The van der Waals surface area contributed by atoms with E-state index in [1.54, 1.807) is 24.3 Å². The van der Waals surface area contributed by atoms with Gasteiger partial charge in [0.2, 0.25) is 0 Å². The summed E-state index contributed by atoms with van der Waals surface area (Å²) in [6.45, 7) is 1.96. The Kier molecular flexibility index (Phi) is 5.66. The number of carbonyl (C=O) groups is 2. The summed E-state index contributed by atoms with van der Waals surface area (Å²) in [6, 6.07) is 5.33. The van der Waals surface area contributed by atoms with Crippen LogP contribution in [0.15, 0.2) is 24.3 Å². The number of aliphatic carboxylic acids is 1. The number of unbranched alkanes of at least 4 members (excludes halogenated alkanes) is 1. The predicted molar refractivity (Wildman–Crippen MR) is 74.0 cm³/mol. The van der Waals surface area contributed by atoms with E-state index in [0.717, 1.165) is 12.8 Å². The molecule has 0 bridgehead atoms. The van der Waals surface area contributed by atoms with E-state index < -0.39 is 18.0 Å². The van der Waals surface area contributed by atoms with Crippen LogP contribution in [0.1, 0.15) is 26.2 Å². The molecule has 0 radical (unpaired) electrons. The Hall–Kier alpha value is -2.24. The van der Waals surface area contributed by atoms with Gasteiger partial charge in [-0.25, -0.2) is 9.59 Å². The van der Waals surface area contributed by atoms with Crippen LogP contribution in [0, 0.1) is 0 Å². The Labute approximate surface area is 112 Å². The molecule has 1 rings (SSSR count). The van der Waals surface area contributed by atoms with E-state index in [0.29, 0.717) is 17.8 Å². The zero-order chi connectivity index (χ0) is 14.3. The van der Waals surface area contributed by atoms with Crippen molar-refractivity contribution in [1.29, 1.82) is 0 Å². The lowest BCUT2D eigenvalue weighted by atomic mass is 10.1. The molecule has 1 aromatic rings. The second-order valence-electron chi connectivity index (χ2n) is 4.22. The number of nitrogens with one attached hydrogen (secondary N) is 2. The number of urea groups is 1. The molecule has 1 atom stereocenters. The van der Waals surface area contributed by atoms with E-state index in [4.69, 9.17) is 10.8 Å². The number of carbonyl (C=O) groups excluding carboxylic acids is 1. The normalized spacial score (nSPS) is 11.6. The number of para-hydroxylation sites is 2. The molecule has 0 unspecified atom stereocenters. The van der Waals surface area contributed by atoms with Gasteiger partial charge in [0.05, 0.1) is 11.4 Å². The fraction of sp³-hybridized carbons (Fsp3) is 0.385. The van der Waals surface area contributed by atoms with Crippen LogP contribution >= 0.6 is 0 Å². The Morgan fingerprint density at radius 3 is 2.63 bits per heavy atom. The summed E-state index contributed by atoms with van der Waals surface area (Å²) in [5, 5.41) is 14.0. The van der Waals surface area contributed by atoms with Crippen LogP contribution in [0.2, 0.25) is 0 Å². The van der Waals surface area contributed by atoms with Crippen molar-refractivity contribution in [2.75, 3.05) is 11.1 Å². The van der Waals surface area contributed by atoms with Crippen molar-refractivity contribution in [2.24, 2.45) is 0 Å². The minimum absolute atomic E-state index is 0.406. The molecule has 0 saturated carbocycles. The van der Waals surface area contributed by atoms with Crippen LogP contribution in [-0.4, -0.2) is 23.1 Å². The van der Waals surface area contributed by atoms with E-state index in [-0.39, 0.29) is 0 Å². The van der Waals surface area contributed by atoms with Gasteiger partial charge in [0.15, 0.2) is 0 Å². The minimum Gasteiger partial charge on any atom is -0.480 e. The molecule has 104 valence electrons. The Bertz CT molecular complexity index is 449. The van der Waals surface area contributed by atoms with Crippen LogP contribution in [0.5, 0.6) is 0 Å². The van der Waals surface area contributed by atoms with Gasteiger partial charge in [-0.1, -0.05) is 31.9 Å². The van der Waals surface area contributed by atoms with Crippen molar-refractivity contribution < 1.29 is 14.7 Å². The van der Waals surface area contributed by atoms with Crippen molar-refractivity contribution in [3.05, 3.63) is 24.3 Å². The zero-order valence-corrected chi connectivity index (χ0v) is 10.8. The SMILES string of the molecule is CCCC[C@H](NC(=O)Nc1ccccc1N)C(=O)O. The number of nitrogen functional groups attached to an aromatic ring is 1. The second kappa shape index (κ2) is 7.25. The Balaban J connectivity index is 2.58. The zero-order valence-electron chi connectivity index (χ0n) is 10.8. The number of anilines is 2. The van der Waals surface area contributed by atoms with E-state index in [9.17, 15) is 9.59 Å². The third-order valence-electron chi connectivity index (χ3n) is 2.66. The molecule has 0 aliphatic rings. The van der Waals surface area contributed by atoms with E-state index >= 15 is 0 Å².